The van der Waals surface area contributed by atoms with Crippen LogP contribution in [0.4, 0.5) is 4.39 Å². The first-order chi connectivity index (χ1) is 13.2. The SMILES string of the molecule is Cc1cc(Cn2c(=O)[nH]c3ccc(S(=O)(=O)NC4(CF)CC4)cc3c2=O)on1. The molecule has 1 aliphatic carbocycles. The molecule has 9 nitrogen and oxygen atoms in total. The number of fused-ring (bicyclic) bond motifs is 1. The van der Waals surface area contributed by atoms with Crippen molar-refractivity contribution < 1.29 is 17.3 Å². The Morgan fingerprint density at radius 3 is 2.68 bits per heavy atom. The maximum Gasteiger partial charge on any atom is 0.329 e. The maximum absolute atomic E-state index is 13.1. The molecule has 0 unspecified atom stereocenters. The summed E-state index contributed by atoms with van der Waals surface area (Å²) in [5.41, 5.74) is -1.58. The van der Waals surface area contributed by atoms with Crippen LogP contribution in [0.1, 0.15) is 24.3 Å². The highest BCUT2D eigenvalue weighted by atomic mass is 32.2. The van der Waals surface area contributed by atoms with Gasteiger partial charge in [0.1, 0.15) is 6.67 Å². The lowest BCUT2D eigenvalue weighted by Gasteiger charge is -2.14. The Balaban J connectivity index is 1.78. The number of hydrogen-bond acceptors (Lipinski definition) is 6. The highest BCUT2D eigenvalue weighted by Crippen LogP contribution is 2.37. The Kier molecular flexibility index (Phi) is 4.23. The molecule has 2 aromatic heterocycles. The van der Waals surface area contributed by atoms with Crippen LogP contribution in [0.15, 0.2) is 43.3 Å². The lowest BCUT2D eigenvalue weighted by molar-refractivity contribution is 0.370. The first-order valence-electron chi connectivity index (χ1n) is 8.52. The molecule has 148 valence electrons. The van der Waals surface area contributed by atoms with E-state index in [1.807, 2.05) is 0 Å². The largest absolute Gasteiger partial charge is 0.359 e. The molecule has 1 aliphatic rings. The molecule has 0 amide bonds. The van der Waals surface area contributed by atoms with Crippen LogP contribution < -0.4 is 16.0 Å². The van der Waals surface area contributed by atoms with E-state index in [4.69, 9.17) is 4.52 Å². The van der Waals surface area contributed by atoms with Crippen molar-refractivity contribution in [2.75, 3.05) is 6.67 Å². The van der Waals surface area contributed by atoms with Crippen molar-refractivity contribution in [3.05, 3.63) is 56.6 Å². The zero-order valence-corrected chi connectivity index (χ0v) is 15.7. The summed E-state index contributed by atoms with van der Waals surface area (Å²) in [5, 5.41) is 3.73. The van der Waals surface area contributed by atoms with Crippen LogP contribution in [0.25, 0.3) is 10.9 Å². The lowest BCUT2D eigenvalue weighted by atomic mass is 10.2. The number of nitrogens with one attached hydrogen (secondary N) is 2. The minimum absolute atomic E-state index is 0.0174. The van der Waals surface area contributed by atoms with E-state index in [0.29, 0.717) is 24.3 Å². The summed E-state index contributed by atoms with van der Waals surface area (Å²) in [7, 11) is -4.01. The predicted octanol–water partition coefficient (Wildman–Crippen LogP) is 0.815. The average molecular weight is 408 g/mol. The number of alkyl halides is 1. The molecule has 2 heterocycles. The van der Waals surface area contributed by atoms with Crippen LogP contribution in [0.3, 0.4) is 0 Å². The molecule has 2 N–H and O–H groups in total. The fourth-order valence-corrected chi connectivity index (χ4v) is 4.41. The molecule has 4 rings (SSSR count). The van der Waals surface area contributed by atoms with Gasteiger partial charge in [-0.05, 0) is 38.0 Å². The van der Waals surface area contributed by atoms with Crippen molar-refractivity contribution >= 4 is 20.9 Å². The van der Waals surface area contributed by atoms with E-state index in [1.165, 1.54) is 18.2 Å². The molecule has 1 fully saturated rings. The lowest BCUT2D eigenvalue weighted by Crippen LogP contribution is -2.38. The van der Waals surface area contributed by atoms with Gasteiger partial charge in [-0.3, -0.25) is 9.36 Å². The first-order valence-corrected chi connectivity index (χ1v) is 10.0. The van der Waals surface area contributed by atoms with Gasteiger partial charge in [0.2, 0.25) is 10.0 Å². The molecule has 0 saturated heterocycles. The fraction of sp³-hybridized carbons (Fsp3) is 0.353. The van der Waals surface area contributed by atoms with Crippen LogP contribution >= 0.6 is 0 Å². The molecular formula is C17H17FN4O5S. The second-order valence-electron chi connectivity index (χ2n) is 6.98. The van der Waals surface area contributed by atoms with Gasteiger partial charge in [-0.1, -0.05) is 5.16 Å². The number of hydrogen-bond donors (Lipinski definition) is 2. The summed E-state index contributed by atoms with van der Waals surface area (Å²) in [6.45, 7) is 0.760. The van der Waals surface area contributed by atoms with Crippen molar-refractivity contribution in [1.82, 2.24) is 19.4 Å². The molecule has 1 saturated carbocycles. The third-order valence-electron chi connectivity index (χ3n) is 4.71. The Morgan fingerprint density at radius 1 is 1.32 bits per heavy atom. The van der Waals surface area contributed by atoms with Crippen molar-refractivity contribution in [3.8, 4) is 0 Å². The second kappa shape index (κ2) is 6.38. The molecule has 11 heteroatoms. The topological polar surface area (TPSA) is 127 Å². The molecule has 28 heavy (non-hydrogen) atoms. The van der Waals surface area contributed by atoms with Gasteiger partial charge in [0.25, 0.3) is 5.56 Å². The normalized spacial score (nSPS) is 15.8. The van der Waals surface area contributed by atoms with E-state index in [-0.39, 0.29) is 22.3 Å². The van der Waals surface area contributed by atoms with Gasteiger partial charge in [0, 0.05) is 6.07 Å². The van der Waals surface area contributed by atoms with Gasteiger partial charge in [0.05, 0.1) is 33.6 Å². The van der Waals surface area contributed by atoms with Gasteiger partial charge in [-0.25, -0.2) is 22.3 Å². The van der Waals surface area contributed by atoms with Gasteiger partial charge in [-0.15, -0.1) is 0 Å². The third kappa shape index (κ3) is 3.27. The highest BCUT2D eigenvalue weighted by Gasteiger charge is 2.46. The molecule has 3 aromatic rings. The average Bonchev–Trinajstić information content (AvgIpc) is 3.29. The van der Waals surface area contributed by atoms with Gasteiger partial charge in [0.15, 0.2) is 5.76 Å². The van der Waals surface area contributed by atoms with Crippen molar-refractivity contribution in [2.45, 2.75) is 36.7 Å². The van der Waals surface area contributed by atoms with Crippen LogP contribution in [0.2, 0.25) is 0 Å². The minimum atomic E-state index is -4.01. The maximum atomic E-state index is 13.1. The summed E-state index contributed by atoms with van der Waals surface area (Å²) in [5.74, 6) is 0.313. The van der Waals surface area contributed by atoms with Crippen molar-refractivity contribution in [3.63, 3.8) is 0 Å². The van der Waals surface area contributed by atoms with Crippen molar-refractivity contribution in [1.29, 1.82) is 0 Å². The van der Waals surface area contributed by atoms with E-state index in [0.717, 1.165) is 4.57 Å². The van der Waals surface area contributed by atoms with Crippen LogP contribution in [-0.4, -0.2) is 35.3 Å². The molecule has 0 atom stereocenters. The summed E-state index contributed by atoms with van der Waals surface area (Å²) in [6.07, 6.45) is 0.847. The van der Waals surface area contributed by atoms with E-state index in [9.17, 15) is 22.4 Å². The Morgan fingerprint density at radius 2 is 2.07 bits per heavy atom. The predicted molar refractivity (Wildman–Crippen MR) is 97.4 cm³/mol. The summed E-state index contributed by atoms with van der Waals surface area (Å²) >= 11 is 0. The standard InChI is InChI=1S/C17H17FN4O5S/c1-10-6-11(27-20-10)8-22-15(23)13-7-12(2-3-14(13)19-16(22)24)28(25,26)21-17(9-18)4-5-17/h2-3,6-7,21H,4-5,8-9H2,1H3,(H,19,24). The van der Waals surface area contributed by atoms with E-state index >= 15 is 0 Å². The number of sulfonamides is 1. The Hall–Kier alpha value is -2.79. The summed E-state index contributed by atoms with van der Waals surface area (Å²) in [4.78, 5) is 27.4. The Labute approximate surface area is 158 Å². The van der Waals surface area contributed by atoms with Crippen molar-refractivity contribution in [2.24, 2.45) is 0 Å². The monoisotopic (exact) mass is 408 g/mol. The highest BCUT2D eigenvalue weighted by molar-refractivity contribution is 7.89. The number of aromatic nitrogens is 3. The number of H-pyrrole nitrogens is 1. The van der Waals surface area contributed by atoms with Crippen LogP contribution in [0.5, 0.6) is 0 Å². The molecule has 0 bridgehead atoms. The zero-order chi connectivity index (χ0) is 20.1. The first kappa shape index (κ1) is 18.6. The van der Waals surface area contributed by atoms with E-state index < -0.39 is 33.5 Å². The summed E-state index contributed by atoms with van der Waals surface area (Å²) in [6, 6.07) is 5.36. The van der Waals surface area contributed by atoms with Gasteiger partial charge in [-0.2, -0.15) is 0 Å². The number of benzene rings is 1. The van der Waals surface area contributed by atoms with E-state index in [2.05, 4.69) is 14.9 Å². The second-order valence-corrected chi connectivity index (χ2v) is 8.67. The zero-order valence-electron chi connectivity index (χ0n) is 14.9. The fourth-order valence-electron chi connectivity index (χ4n) is 2.94. The number of aromatic amines is 1. The molecule has 1 aromatic carbocycles. The molecule has 0 aliphatic heterocycles. The number of aryl methyl sites for hydroxylation is 1. The van der Waals surface area contributed by atoms with Crippen LogP contribution in [0, 0.1) is 6.92 Å². The minimum Gasteiger partial charge on any atom is -0.359 e. The third-order valence-corrected chi connectivity index (χ3v) is 6.29. The molecule has 0 spiro atoms. The molecule has 0 radical (unpaired) electrons. The number of nitrogens with zero attached hydrogens (tertiary/aromatic N) is 2. The van der Waals surface area contributed by atoms with Gasteiger partial charge >= 0.3 is 5.69 Å². The molecular weight excluding hydrogens is 391 g/mol. The number of halogens is 1. The van der Waals surface area contributed by atoms with Gasteiger partial charge < -0.3 is 9.51 Å². The Bertz CT molecular complexity index is 1290. The van der Waals surface area contributed by atoms with Crippen LogP contribution in [-0.2, 0) is 16.6 Å². The quantitative estimate of drug-likeness (QED) is 0.622. The summed E-state index contributed by atoms with van der Waals surface area (Å²) < 4.78 is 46.5. The number of rotatable bonds is 6. The van der Waals surface area contributed by atoms with E-state index in [1.54, 1.807) is 13.0 Å². The smallest absolute Gasteiger partial charge is 0.329 e.